The zero-order valence-electron chi connectivity index (χ0n) is 34.0. The molecule has 0 nitrogen and oxygen atoms in total. The van der Waals surface area contributed by atoms with Crippen LogP contribution in [0.15, 0.2) is 194 Å². The molecule has 0 amide bonds. The molecule has 1 aliphatic rings. The molecule has 0 unspecified atom stereocenters. The van der Waals surface area contributed by atoms with Crippen molar-refractivity contribution in [2.24, 2.45) is 0 Å². The van der Waals surface area contributed by atoms with E-state index in [0.29, 0.717) is 0 Å². The Hall–Kier alpha value is -7.54. The van der Waals surface area contributed by atoms with Gasteiger partial charge < -0.3 is 0 Å². The lowest BCUT2D eigenvalue weighted by atomic mass is 9.81. The average molecular weight is 771 g/mol. The molecule has 0 heterocycles. The van der Waals surface area contributed by atoms with Crippen molar-refractivity contribution in [1.29, 1.82) is 0 Å². The van der Waals surface area contributed by atoms with E-state index in [0.717, 1.165) is 0 Å². The lowest BCUT2D eigenvalue weighted by Crippen LogP contribution is -2.14. The Morgan fingerprint density at radius 1 is 0.262 bits per heavy atom. The van der Waals surface area contributed by atoms with E-state index >= 15 is 0 Å². The van der Waals surface area contributed by atoms with Crippen LogP contribution < -0.4 is 0 Å². The van der Waals surface area contributed by atoms with Crippen molar-refractivity contribution in [3.63, 3.8) is 0 Å². The van der Waals surface area contributed by atoms with E-state index in [1.165, 1.54) is 142 Å². The van der Waals surface area contributed by atoms with Gasteiger partial charge in [0, 0.05) is 5.41 Å². The molecular weight excluding hydrogens is 733 g/mol. The molecule has 0 saturated heterocycles. The highest BCUT2D eigenvalue weighted by molar-refractivity contribution is 6.46. The highest BCUT2D eigenvalue weighted by Gasteiger charge is 2.36. The Bertz CT molecular complexity index is 3980. The van der Waals surface area contributed by atoms with Crippen LogP contribution in [0.2, 0.25) is 0 Å². The summed E-state index contributed by atoms with van der Waals surface area (Å²) in [5, 5.41) is 21.1. The number of fused-ring (bicyclic) bond motifs is 13. The molecule has 0 aliphatic heterocycles. The molecule has 1 aliphatic carbocycles. The summed E-state index contributed by atoms with van der Waals surface area (Å²) in [5.74, 6) is 0. The zero-order chi connectivity index (χ0) is 40.1. The standard InChI is InChI=1S/C61H38/c1-61(2)51-27-14-13-24-43(51)44-29-28-38(33-52(44)61)40-30-31-47-58-49(32-37-20-9-10-21-39(37)56(40)58)60-54(36-18-7-4-8-19-36)57-46-26-15-25-45-41-22-11-12-23-42(41)48(55(45)46)34-50(57)53(59(47)60)35-16-5-3-6-17-35/h3-34H,1-2H3. The third kappa shape index (κ3) is 4.24. The van der Waals surface area contributed by atoms with Gasteiger partial charge in [0.15, 0.2) is 0 Å². The third-order valence-electron chi connectivity index (χ3n) is 14.5. The molecule has 0 atom stereocenters. The summed E-state index contributed by atoms with van der Waals surface area (Å²) >= 11 is 0. The van der Waals surface area contributed by atoms with Gasteiger partial charge in [-0.05, 0) is 160 Å². The summed E-state index contributed by atoms with van der Waals surface area (Å²) in [6.07, 6.45) is 0. The van der Waals surface area contributed by atoms with Crippen LogP contribution in [0.1, 0.15) is 25.0 Å². The van der Waals surface area contributed by atoms with Gasteiger partial charge >= 0.3 is 0 Å². The van der Waals surface area contributed by atoms with Crippen LogP contribution in [0.4, 0.5) is 0 Å². The quantitative estimate of drug-likeness (QED) is 0.157. The average Bonchev–Trinajstić information content (AvgIpc) is 3.90. The van der Waals surface area contributed by atoms with Gasteiger partial charge in [-0.15, -0.1) is 0 Å². The van der Waals surface area contributed by atoms with Gasteiger partial charge in [0.05, 0.1) is 0 Å². The maximum Gasteiger partial charge on any atom is 0.0159 e. The smallest absolute Gasteiger partial charge is 0.0159 e. The number of hydrogen-bond acceptors (Lipinski definition) is 0. The topological polar surface area (TPSA) is 0 Å². The van der Waals surface area contributed by atoms with E-state index in [9.17, 15) is 0 Å². The van der Waals surface area contributed by atoms with Crippen molar-refractivity contribution in [3.8, 4) is 44.5 Å². The number of benzene rings is 11. The number of hydrogen-bond donors (Lipinski definition) is 0. The van der Waals surface area contributed by atoms with Crippen LogP contribution in [0.3, 0.4) is 0 Å². The maximum atomic E-state index is 2.54. The lowest BCUT2D eigenvalue weighted by molar-refractivity contribution is 0.660. The van der Waals surface area contributed by atoms with Crippen LogP contribution in [0.5, 0.6) is 0 Å². The third-order valence-corrected chi connectivity index (χ3v) is 14.5. The van der Waals surface area contributed by atoms with Crippen LogP contribution in [-0.4, -0.2) is 0 Å². The molecule has 14 rings (SSSR count). The minimum absolute atomic E-state index is 0.0883. The molecule has 13 aromatic rings. The van der Waals surface area contributed by atoms with Crippen molar-refractivity contribution in [2.75, 3.05) is 0 Å². The zero-order valence-corrected chi connectivity index (χ0v) is 34.0. The Labute approximate surface area is 353 Å². The second kappa shape index (κ2) is 11.8. The van der Waals surface area contributed by atoms with E-state index in [4.69, 9.17) is 0 Å². The van der Waals surface area contributed by atoms with Gasteiger partial charge in [0.1, 0.15) is 0 Å². The molecule has 282 valence electrons. The molecular formula is C61H38. The van der Waals surface area contributed by atoms with Gasteiger partial charge in [0.25, 0.3) is 0 Å². The summed E-state index contributed by atoms with van der Waals surface area (Å²) in [6.45, 7) is 4.77. The molecule has 0 heteroatoms. The number of rotatable bonds is 3. The van der Waals surface area contributed by atoms with Crippen molar-refractivity contribution < 1.29 is 0 Å². The van der Waals surface area contributed by atoms with Gasteiger partial charge in [-0.3, -0.25) is 0 Å². The van der Waals surface area contributed by atoms with E-state index in [1.54, 1.807) is 0 Å². The Balaban J connectivity index is 1.22. The Morgan fingerprint density at radius 3 is 1.66 bits per heavy atom. The molecule has 0 spiro atoms. The summed E-state index contributed by atoms with van der Waals surface area (Å²) in [4.78, 5) is 0. The summed E-state index contributed by atoms with van der Waals surface area (Å²) < 4.78 is 0. The molecule has 0 N–H and O–H groups in total. The molecule has 0 bridgehead atoms. The second-order valence-corrected chi connectivity index (χ2v) is 17.8. The molecule has 61 heavy (non-hydrogen) atoms. The molecule has 13 aromatic carbocycles. The van der Waals surface area contributed by atoms with Gasteiger partial charge in [-0.2, -0.15) is 0 Å². The van der Waals surface area contributed by atoms with E-state index in [2.05, 4.69) is 208 Å². The molecule has 0 fully saturated rings. The Kier molecular flexibility index (Phi) is 6.45. The fourth-order valence-electron chi connectivity index (χ4n) is 11.9. The first-order chi connectivity index (χ1) is 30.1. The van der Waals surface area contributed by atoms with Crippen LogP contribution in [0, 0.1) is 0 Å². The van der Waals surface area contributed by atoms with Gasteiger partial charge in [-0.25, -0.2) is 0 Å². The lowest BCUT2D eigenvalue weighted by Gasteiger charge is -2.22. The highest BCUT2D eigenvalue weighted by Crippen LogP contribution is 2.57. The fraction of sp³-hybridized carbons (Fsp3) is 0.0492. The first kappa shape index (κ1) is 33.3. The predicted octanol–water partition coefficient (Wildman–Crippen LogP) is 17.1. The Morgan fingerprint density at radius 2 is 0.852 bits per heavy atom. The van der Waals surface area contributed by atoms with Crippen LogP contribution in [0.25, 0.3) is 131 Å². The molecule has 0 radical (unpaired) electrons. The summed E-state index contributed by atoms with van der Waals surface area (Å²) in [7, 11) is 0. The monoisotopic (exact) mass is 770 g/mol. The van der Waals surface area contributed by atoms with Crippen molar-refractivity contribution in [2.45, 2.75) is 19.3 Å². The summed E-state index contributed by atoms with van der Waals surface area (Å²) in [5.41, 5.74) is 13.1. The minimum atomic E-state index is -0.0883. The minimum Gasteiger partial charge on any atom is -0.0622 e. The van der Waals surface area contributed by atoms with E-state index in [-0.39, 0.29) is 5.41 Å². The van der Waals surface area contributed by atoms with Gasteiger partial charge in [0.2, 0.25) is 0 Å². The second-order valence-electron chi connectivity index (χ2n) is 17.8. The van der Waals surface area contributed by atoms with Crippen molar-refractivity contribution in [1.82, 2.24) is 0 Å². The SMILES string of the molecule is CC1(C)c2ccccc2-c2ccc(-c3ccc4c5c(-c6ccccc6)c6cc7c8ccccc8c8cccc(c6c(-c6ccccc6)c5c5cc6ccccc6c3c45)c87)cc21. The van der Waals surface area contributed by atoms with Crippen molar-refractivity contribution in [3.05, 3.63) is 205 Å². The fourth-order valence-corrected chi connectivity index (χ4v) is 11.9. The molecule has 0 aromatic heterocycles. The molecule has 0 saturated carbocycles. The first-order valence-corrected chi connectivity index (χ1v) is 21.6. The normalized spacial score (nSPS) is 13.5. The van der Waals surface area contributed by atoms with E-state index < -0.39 is 0 Å². The maximum absolute atomic E-state index is 2.54. The van der Waals surface area contributed by atoms with Crippen LogP contribution >= 0.6 is 0 Å². The summed E-state index contributed by atoms with van der Waals surface area (Å²) in [6, 6.07) is 73.6. The largest absolute Gasteiger partial charge is 0.0622 e. The van der Waals surface area contributed by atoms with E-state index in [1.807, 2.05) is 0 Å². The van der Waals surface area contributed by atoms with Gasteiger partial charge in [-0.1, -0.05) is 190 Å². The highest BCUT2D eigenvalue weighted by atomic mass is 14.4. The van der Waals surface area contributed by atoms with Crippen LogP contribution in [-0.2, 0) is 5.41 Å². The first-order valence-electron chi connectivity index (χ1n) is 21.6. The predicted molar refractivity (Wildman–Crippen MR) is 263 cm³/mol. The van der Waals surface area contributed by atoms with Crippen molar-refractivity contribution >= 4 is 86.2 Å².